The molecule has 2 saturated heterocycles. The Hall–Kier alpha value is -4.41. The second-order valence-electron chi connectivity index (χ2n) is 10.9. The number of methoxy groups -OCH3 is 1. The molecule has 0 radical (unpaired) electrons. The molecule has 2 fully saturated rings. The first kappa shape index (κ1) is 28.4. The first-order valence-electron chi connectivity index (χ1n) is 14.6. The molecule has 0 amide bonds. The van der Waals surface area contributed by atoms with Crippen LogP contribution in [0.5, 0.6) is 17.2 Å². The summed E-state index contributed by atoms with van der Waals surface area (Å²) >= 11 is 0. The van der Waals surface area contributed by atoms with Crippen molar-refractivity contribution in [3.63, 3.8) is 0 Å². The minimum absolute atomic E-state index is 0.170. The molecule has 0 bridgehead atoms. The lowest BCUT2D eigenvalue weighted by Crippen LogP contribution is -2.61. The standard InChI is InChI=1S/C35H32O9/c1-38-30-25(39-18-21-11-5-2-6-12-21)17-24-27(31(30)40-19-22-13-7-3-8-14-22)32-33(43-34(24)37)28(36)29-26(42-32)20-41-35(44-29)23-15-9-4-10-16-23/h2-17,26,28-29,32-33,35-36H,18-20H2,1H3/t26-,28-,29-,32+,33-,35-/m1/s1. The summed E-state index contributed by atoms with van der Waals surface area (Å²) in [6, 6.07) is 30.4. The molecule has 3 aliphatic rings. The minimum atomic E-state index is -1.19. The van der Waals surface area contributed by atoms with Gasteiger partial charge in [-0.15, -0.1) is 0 Å². The number of ether oxygens (including phenoxy) is 7. The van der Waals surface area contributed by atoms with E-state index in [0.717, 1.165) is 16.7 Å². The topological polar surface area (TPSA) is 102 Å². The van der Waals surface area contributed by atoms with Crippen molar-refractivity contribution in [1.82, 2.24) is 0 Å². The van der Waals surface area contributed by atoms with Gasteiger partial charge in [0.05, 0.1) is 19.3 Å². The summed E-state index contributed by atoms with van der Waals surface area (Å²) in [5.41, 5.74) is 3.31. The zero-order valence-corrected chi connectivity index (χ0v) is 24.0. The average Bonchev–Trinajstić information content (AvgIpc) is 3.08. The number of aliphatic hydroxyl groups is 1. The van der Waals surface area contributed by atoms with Crippen molar-refractivity contribution < 1.29 is 43.1 Å². The number of hydrogen-bond acceptors (Lipinski definition) is 9. The molecule has 4 aromatic rings. The van der Waals surface area contributed by atoms with Gasteiger partial charge in [-0.3, -0.25) is 0 Å². The largest absolute Gasteiger partial charge is 0.490 e. The van der Waals surface area contributed by atoms with E-state index in [1.54, 1.807) is 6.07 Å². The van der Waals surface area contributed by atoms with E-state index in [4.69, 9.17) is 33.2 Å². The molecule has 0 aliphatic carbocycles. The third-order valence-corrected chi connectivity index (χ3v) is 8.08. The fourth-order valence-corrected chi connectivity index (χ4v) is 5.92. The molecular weight excluding hydrogens is 564 g/mol. The molecule has 0 aromatic heterocycles. The summed E-state index contributed by atoms with van der Waals surface area (Å²) in [5.74, 6) is 0.280. The van der Waals surface area contributed by atoms with Crippen molar-refractivity contribution >= 4 is 5.97 Å². The fraction of sp³-hybridized carbons (Fsp3) is 0.286. The average molecular weight is 597 g/mol. The van der Waals surface area contributed by atoms with E-state index < -0.39 is 42.8 Å². The summed E-state index contributed by atoms with van der Waals surface area (Å²) in [4.78, 5) is 13.6. The van der Waals surface area contributed by atoms with Crippen molar-refractivity contribution in [2.45, 2.75) is 50.0 Å². The summed E-state index contributed by atoms with van der Waals surface area (Å²) in [6.07, 6.45) is -5.21. The molecular formula is C35H32O9. The number of carbonyl (C=O) groups excluding carboxylic acids is 1. The maximum Gasteiger partial charge on any atom is 0.339 e. The highest BCUT2D eigenvalue weighted by atomic mass is 16.7. The molecule has 0 unspecified atom stereocenters. The van der Waals surface area contributed by atoms with Crippen molar-refractivity contribution in [3.05, 3.63) is 125 Å². The predicted octanol–water partition coefficient (Wildman–Crippen LogP) is 5.31. The Morgan fingerprint density at radius 1 is 0.795 bits per heavy atom. The van der Waals surface area contributed by atoms with Gasteiger partial charge in [-0.2, -0.15) is 0 Å². The molecule has 1 N–H and O–H groups in total. The van der Waals surface area contributed by atoms with E-state index in [-0.39, 0.29) is 31.1 Å². The van der Waals surface area contributed by atoms with Crippen molar-refractivity contribution in [1.29, 1.82) is 0 Å². The molecule has 6 atom stereocenters. The van der Waals surface area contributed by atoms with E-state index in [0.29, 0.717) is 17.1 Å². The predicted molar refractivity (Wildman–Crippen MR) is 157 cm³/mol. The summed E-state index contributed by atoms with van der Waals surface area (Å²) in [5, 5.41) is 11.6. The van der Waals surface area contributed by atoms with Gasteiger partial charge in [0, 0.05) is 11.1 Å². The Kier molecular flexibility index (Phi) is 7.93. The lowest BCUT2D eigenvalue weighted by atomic mass is 9.85. The molecule has 0 spiro atoms. The van der Waals surface area contributed by atoms with Gasteiger partial charge in [0.2, 0.25) is 5.75 Å². The summed E-state index contributed by atoms with van der Waals surface area (Å²) in [7, 11) is 1.52. The van der Waals surface area contributed by atoms with E-state index in [2.05, 4.69) is 0 Å². The molecule has 9 heteroatoms. The van der Waals surface area contributed by atoms with Gasteiger partial charge in [-0.25, -0.2) is 4.79 Å². The van der Waals surface area contributed by atoms with Crippen LogP contribution in [0.4, 0.5) is 0 Å². The number of fused-ring (bicyclic) bond motifs is 4. The zero-order chi connectivity index (χ0) is 30.0. The molecule has 4 aromatic carbocycles. The van der Waals surface area contributed by atoms with Crippen LogP contribution in [-0.2, 0) is 32.2 Å². The van der Waals surface area contributed by atoms with Crippen LogP contribution in [0, 0.1) is 0 Å². The quantitative estimate of drug-likeness (QED) is 0.271. The van der Waals surface area contributed by atoms with Crippen LogP contribution in [-0.4, -0.2) is 49.2 Å². The van der Waals surface area contributed by atoms with Gasteiger partial charge >= 0.3 is 5.97 Å². The zero-order valence-electron chi connectivity index (χ0n) is 24.0. The van der Waals surface area contributed by atoms with Gasteiger partial charge in [0.15, 0.2) is 23.9 Å². The van der Waals surface area contributed by atoms with Crippen LogP contribution >= 0.6 is 0 Å². The van der Waals surface area contributed by atoms with Crippen LogP contribution in [0.3, 0.4) is 0 Å². The Labute approximate surface area is 254 Å². The van der Waals surface area contributed by atoms with Crippen LogP contribution in [0.15, 0.2) is 97.1 Å². The summed E-state index contributed by atoms with van der Waals surface area (Å²) in [6.45, 7) is 0.604. The highest BCUT2D eigenvalue weighted by molar-refractivity contribution is 5.95. The number of carbonyl (C=O) groups is 1. The number of esters is 1. The third kappa shape index (κ3) is 5.39. The van der Waals surface area contributed by atoms with Crippen molar-refractivity contribution in [2.75, 3.05) is 13.7 Å². The van der Waals surface area contributed by atoms with Crippen LogP contribution in [0.2, 0.25) is 0 Å². The van der Waals surface area contributed by atoms with Gasteiger partial charge in [-0.05, 0) is 17.2 Å². The molecule has 226 valence electrons. The molecule has 9 nitrogen and oxygen atoms in total. The van der Waals surface area contributed by atoms with Gasteiger partial charge in [0.1, 0.15) is 37.6 Å². The maximum atomic E-state index is 13.6. The minimum Gasteiger partial charge on any atom is -0.490 e. The second kappa shape index (κ2) is 12.3. The highest BCUT2D eigenvalue weighted by Gasteiger charge is 2.55. The Bertz CT molecular complexity index is 1600. The third-order valence-electron chi connectivity index (χ3n) is 8.08. The van der Waals surface area contributed by atoms with E-state index in [1.807, 2.05) is 91.0 Å². The number of rotatable bonds is 8. The molecule has 0 saturated carbocycles. The fourth-order valence-electron chi connectivity index (χ4n) is 5.92. The Morgan fingerprint density at radius 2 is 1.43 bits per heavy atom. The molecule has 7 rings (SSSR count). The van der Waals surface area contributed by atoms with Crippen molar-refractivity contribution in [3.8, 4) is 17.2 Å². The molecule has 3 aliphatic heterocycles. The Balaban J connectivity index is 1.25. The monoisotopic (exact) mass is 596 g/mol. The van der Waals surface area contributed by atoms with Crippen LogP contribution < -0.4 is 14.2 Å². The second-order valence-corrected chi connectivity index (χ2v) is 10.9. The number of hydrogen-bond donors (Lipinski definition) is 1. The van der Waals surface area contributed by atoms with Gasteiger partial charge in [0.25, 0.3) is 0 Å². The van der Waals surface area contributed by atoms with Gasteiger partial charge < -0.3 is 38.3 Å². The summed E-state index contributed by atoms with van der Waals surface area (Å²) < 4.78 is 43.0. The van der Waals surface area contributed by atoms with E-state index >= 15 is 0 Å². The Morgan fingerprint density at radius 3 is 2.09 bits per heavy atom. The van der Waals surface area contributed by atoms with Gasteiger partial charge in [-0.1, -0.05) is 91.0 Å². The van der Waals surface area contributed by atoms with Crippen LogP contribution in [0.1, 0.15) is 45.0 Å². The molecule has 3 heterocycles. The lowest BCUT2D eigenvalue weighted by molar-refractivity contribution is -0.330. The first-order chi connectivity index (χ1) is 21.6. The smallest absolute Gasteiger partial charge is 0.339 e. The number of benzene rings is 4. The number of aliphatic hydroxyl groups excluding tert-OH is 1. The van der Waals surface area contributed by atoms with E-state index in [9.17, 15) is 9.90 Å². The van der Waals surface area contributed by atoms with Crippen LogP contribution in [0.25, 0.3) is 0 Å². The molecule has 44 heavy (non-hydrogen) atoms. The first-order valence-corrected chi connectivity index (χ1v) is 14.6. The highest BCUT2D eigenvalue weighted by Crippen LogP contribution is 2.52. The van der Waals surface area contributed by atoms with E-state index in [1.165, 1.54) is 7.11 Å². The maximum absolute atomic E-state index is 13.6. The van der Waals surface area contributed by atoms with Crippen molar-refractivity contribution in [2.24, 2.45) is 0 Å². The normalized spacial score (nSPS) is 25.5. The lowest BCUT2D eigenvalue weighted by Gasteiger charge is -2.49. The SMILES string of the molecule is COc1c(OCc2ccccc2)cc2c(c1OCc1ccccc1)[C@@H]1O[C@@H]3CO[C@@H](c4ccccc4)O[C@H]3[C@@H](O)[C@H]1OC2=O.